The van der Waals surface area contributed by atoms with Gasteiger partial charge in [-0.2, -0.15) is 0 Å². The molecule has 0 amide bonds. The average Bonchev–Trinajstić information content (AvgIpc) is 2.54. The minimum atomic E-state index is -0.0340. The van der Waals surface area contributed by atoms with Crippen LogP contribution in [0.15, 0.2) is 0 Å². The molecule has 0 aromatic rings. The first kappa shape index (κ1) is 23.5. The van der Waals surface area contributed by atoms with Crippen molar-refractivity contribution in [3.05, 3.63) is 0 Å². The predicted molar refractivity (Wildman–Crippen MR) is 107 cm³/mol. The molecule has 0 bridgehead atoms. The topological polar surface area (TPSA) is 20.2 Å². The van der Waals surface area contributed by atoms with Crippen LogP contribution in [0, 0.1) is 5.92 Å². The molecule has 0 aromatic heterocycles. The summed E-state index contributed by atoms with van der Waals surface area (Å²) in [5, 5.41) is 11.6. The van der Waals surface area contributed by atoms with E-state index in [4.69, 9.17) is 0 Å². The van der Waals surface area contributed by atoms with Crippen molar-refractivity contribution in [1.82, 2.24) is 0 Å². The third-order valence-corrected chi connectivity index (χ3v) is 6.55. The van der Waals surface area contributed by atoms with Crippen molar-refractivity contribution >= 4 is 15.0 Å². The standard InChI is InChI=1S/C21H44OSe/c1-4-6-8-10-11-12-13-14-16-20(19-23-3)18-21(22)17-15-9-7-5-2/h20-22H,4-19H2,1-3H3. The molecule has 0 radical (unpaired) electrons. The van der Waals surface area contributed by atoms with Crippen molar-refractivity contribution in [1.29, 1.82) is 0 Å². The predicted octanol–water partition coefficient (Wildman–Crippen LogP) is 7.03. The van der Waals surface area contributed by atoms with Crippen LogP contribution >= 0.6 is 0 Å². The summed E-state index contributed by atoms with van der Waals surface area (Å²) in [6, 6.07) is 0. The second-order valence-electron chi connectivity index (χ2n) is 7.32. The maximum atomic E-state index is 10.3. The summed E-state index contributed by atoms with van der Waals surface area (Å²) in [5.41, 5.74) is 0. The molecule has 0 spiro atoms. The summed E-state index contributed by atoms with van der Waals surface area (Å²) in [7, 11) is 0. The van der Waals surface area contributed by atoms with E-state index in [0.717, 1.165) is 33.7 Å². The van der Waals surface area contributed by atoms with Crippen molar-refractivity contribution in [3.8, 4) is 0 Å². The molecule has 1 N–H and O–H groups in total. The van der Waals surface area contributed by atoms with Crippen LogP contribution in [-0.4, -0.2) is 26.2 Å². The molecule has 0 aliphatic heterocycles. The van der Waals surface area contributed by atoms with E-state index in [1.54, 1.807) is 0 Å². The normalized spacial score (nSPS) is 14.1. The van der Waals surface area contributed by atoms with Gasteiger partial charge in [-0.15, -0.1) is 0 Å². The summed E-state index contributed by atoms with van der Waals surface area (Å²) in [6.45, 7) is 4.53. The van der Waals surface area contributed by atoms with E-state index in [1.807, 2.05) is 0 Å². The molecule has 0 heterocycles. The van der Waals surface area contributed by atoms with Crippen LogP contribution in [0.4, 0.5) is 0 Å². The first-order chi connectivity index (χ1) is 11.2. The monoisotopic (exact) mass is 392 g/mol. The molecule has 23 heavy (non-hydrogen) atoms. The Balaban J connectivity index is 3.64. The second kappa shape index (κ2) is 18.8. The Morgan fingerprint density at radius 3 is 1.74 bits per heavy atom. The van der Waals surface area contributed by atoms with Gasteiger partial charge < -0.3 is 0 Å². The molecular formula is C21H44OSe. The van der Waals surface area contributed by atoms with E-state index in [1.165, 1.54) is 88.8 Å². The van der Waals surface area contributed by atoms with Gasteiger partial charge in [0, 0.05) is 0 Å². The van der Waals surface area contributed by atoms with Crippen LogP contribution < -0.4 is 0 Å². The molecule has 2 unspecified atom stereocenters. The molecular weight excluding hydrogens is 347 g/mol. The summed E-state index contributed by atoms with van der Waals surface area (Å²) in [5.74, 6) is 3.14. The van der Waals surface area contributed by atoms with Gasteiger partial charge >= 0.3 is 153 Å². The number of rotatable bonds is 18. The molecule has 0 rings (SSSR count). The van der Waals surface area contributed by atoms with Gasteiger partial charge in [0.05, 0.1) is 0 Å². The zero-order valence-corrected chi connectivity index (χ0v) is 18.0. The Hall–Kier alpha value is 0.479. The molecule has 140 valence electrons. The average molecular weight is 392 g/mol. The zero-order chi connectivity index (χ0) is 17.2. The summed E-state index contributed by atoms with van der Waals surface area (Å²) < 4.78 is 0. The number of aliphatic hydroxyl groups is 1. The van der Waals surface area contributed by atoms with Crippen LogP contribution in [-0.2, 0) is 0 Å². The van der Waals surface area contributed by atoms with Crippen molar-refractivity contribution < 1.29 is 5.11 Å². The fourth-order valence-corrected chi connectivity index (χ4v) is 5.01. The van der Waals surface area contributed by atoms with Crippen molar-refractivity contribution in [2.75, 3.05) is 0 Å². The van der Waals surface area contributed by atoms with Crippen LogP contribution in [0.1, 0.15) is 110 Å². The Kier molecular flexibility index (Phi) is 19.2. The fourth-order valence-electron chi connectivity index (χ4n) is 3.38. The number of unbranched alkanes of at least 4 members (excludes halogenated alkanes) is 10. The Morgan fingerprint density at radius 2 is 1.17 bits per heavy atom. The van der Waals surface area contributed by atoms with Gasteiger partial charge in [0.2, 0.25) is 0 Å². The third kappa shape index (κ3) is 17.1. The number of hydrogen-bond acceptors (Lipinski definition) is 1. The van der Waals surface area contributed by atoms with Crippen molar-refractivity contribution in [2.45, 2.75) is 127 Å². The zero-order valence-electron chi connectivity index (χ0n) is 16.3. The van der Waals surface area contributed by atoms with Gasteiger partial charge in [0.25, 0.3) is 0 Å². The molecule has 0 aliphatic carbocycles. The van der Waals surface area contributed by atoms with E-state index in [-0.39, 0.29) is 6.10 Å². The molecule has 0 fully saturated rings. The van der Waals surface area contributed by atoms with Gasteiger partial charge in [-0.1, -0.05) is 0 Å². The van der Waals surface area contributed by atoms with Gasteiger partial charge in [0.1, 0.15) is 0 Å². The second-order valence-corrected chi connectivity index (χ2v) is 9.23. The van der Waals surface area contributed by atoms with Gasteiger partial charge in [0.15, 0.2) is 0 Å². The quantitative estimate of drug-likeness (QED) is 0.196. The summed E-state index contributed by atoms with van der Waals surface area (Å²) in [4.78, 5) is 0. The molecule has 0 saturated carbocycles. The summed E-state index contributed by atoms with van der Waals surface area (Å²) >= 11 is 0.757. The molecule has 2 atom stereocenters. The Labute approximate surface area is 153 Å². The molecule has 0 aromatic carbocycles. The van der Waals surface area contributed by atoms with E-state index in [9.17, 15) is 5.11 Å². The van der Waals surface area contributed by atoms with Crippen LogP contribution in [0.2, 0.25) is 11.1 Å². The summed E-state index contributed by atoms with van der Waals surface area (Å²) in [6.07, 6.45) is 19.8. The molecule has 2 heteroatoms. The van der Waals surface area contributed by atoms with Crippen LogP contribution in [0.25, 0.3) is 0 Å². The van der Waals surface area contributed by atoms with Crippen LogP contribution in [0.5, 0.6) is 0 Å². The SMILES string of the molecule is CCCCCCCCCCC(C[Se]C)CC(O)CCCCCC. The van der Waals surface area contributed by atoms with Gasteiger partial charge in [-0.25, -0.2) is 0 Å². The molecule has 1 nitrogen and oxygen atoms in total. The van der Waals surface area contributed by atoms with Crippen LogP contribution in [0.3, 0.4) is 0 Å². The Bertz CT molecular complexity index is 220. The first-order valence-electron chi connectivity index (χ1n) is 10.4. The Morgan fingerprint density at radius 1 is 0.696 bits per heavy atom. The van der Waals surface area contributed by atoms with Crippen molar-refractivity contribution in [2.24, 2.45) is 5.92 Å². The van der Waals surface area contributed by atoms with E-state index < -0.39 is 0 Å². The fraction of sp³-hybridized carbons (Fsp3) is 1.00. The van der Waals surface area contributed by atoms with Gasteiger partial charge in [-0.3, -0.25) is 0 Å². The number of hydrogen-bond donors (Lipinski definition) is 1. The van der Waals surface area contributed by atoms with E-state index >= 15 is 0 Å². The first-order valence-corrected chi connectivity index (χ1v) is 13.3. The van der Waals surface area contributed by atoms with Gasteiger partial charge in [-0.05, 0) is 0 Å². The molecule has 0 saturated heterocycles. The van der Waals surface area contributed by atoms with Crippen molar-refractivity contribution in [3.63, 3.8) is 0 Å². The van der Waals surface area contributed by atoms with E-state index in [0.29, 0.717) is 0 Å². The van der Waals surface area contributed by atoms with E-state index in [2.05, 4.69) is 19.7 Å². The third-order valence-electron chi connectivity index (χ3n) is 4.86. The maximum absolute atomic E-state index is 10.3. The molecule has 0 aliphatic rings. The minimum absolute atomic E-state index is 0.0340. The number of aliphatic hydroxyl groups excluding tert-OH is 1.